The van der Waals surface area contributed by atoms with Crippen molar-refractivity contribution < 1.29 is 4.52 Å². The number of nitriles is 1. The molecule has 0 saturated carbocycles. The van der Waals surface area contributed by atoms with E-state index in [-0.39, 0.29) is 11.8 Å². The van der Waals surface area contributed by atoms with Crippen LogP contribution in [0.2, 0.25) is 0 Å². The van der Waals surface area contributed by atoms with Crippen molar-refractivity contribution in [1.82, 2.24) is 10.1 Å². The number of hydrogen-bond donors (Lipinski definition) is 0. The average molecular weight is 267 g/mol. The summed E-state index contributed by atoms with van der Waals surface area (Å²) in [6.45, 7) is 2.03. The first-order valence-electron chi connectivity index (χ1n) is 7.08. The van der Waals surface area contributed by atoms with Crippen LogP contribution in [-0.2, 0) is 6.42 Å². The molecule has 0 spiro atoms. The Hall–Kier alpha value is -2.15. The number of rotatable bonds is 4. The van der Waals surface area contributed by atoms with Crippen molar-refractivity contribution in [1.29, 1.82) is 5.26 Å². The number of hydrogen-bond acceptors (Lipinski definition) is 4. The highest BCUT2D eigenvalue weighted by Gasteiger charge is 2.28. The van der Waals surface area contributed by atoms with Crippen LogP contribution in [0, 0.1) is 11.3 Å². The minimum atomic E-state index is 0.146. The molecular weight excluding hydrogens is 250 g/mol. The predicted octanol–water partition coefficient (Wildman–Crippen LogP) is 3.55. The van der Waals surface area contributed by atoms with Gasteiger partial charge in [0.2, 0.25) is 5.89 Å². The van der Waals surface area contributed by atoms with Crippen molar-refractivity contribution in [3.63, 3.8) is 0 Å². The molecule has 0 amide bonds. The number of aryl methyl sites for hydroxylation is 1. The van der Waals surface area contributed by atoms with E-state index in [1.54, 1.807) is 0 Å². The van der Waals surface area contributed by atoms with Crippen LogP contribution in [-0.4, -0.2) is 10.1 Å². The second-order valence-corrected chi connectivity index (χ2v) is 5.38. The quantitative estimate of drug-likeness (QED) is 0.849. The van der Waals surface area contributed by atoms with Gasteiger partial charge in [-0.2, -0.15) is 10.2 Å². The van der Waals surface area contributed by atoms with Crippen LogP contribution >= 0.6 is 0 Å². The maximum Gasteiger partial charge on any atom is 0.229 e. The van der Waals surface area contributed by atoms with Crippen LogP contribution in [0.15, 0.2) is 28.8 Å². The van der Waals surface area contributed by atoms with Gasteiger partial charge in [0.1, 0.15) is 0 Å². The molecule has 0 saturated heterocycles. The highest BCUT2D eigenvalue weighted by atomic mass is 16.5. The third-order valence-corrected chi connectivity index (χ3v) is 4.01. The van der Waals surface area contributed by atoms with E-state index < -0.39 is 0 Å². The second kappa shape index (κ2) is 5.46. The van der Waals surface area contributed by atoms with Crippen molar-refractivity contribution in [2.75, 3.05) is 0 Å². The van der Waals surface area contributed by atoms with Crippen molar-refractivity contribution in [3.05, 3.63) is 47.1 Å². The van der Waals surface area contributed by atoms with Crippen LogP contribution in [0.25, 0.3) is 0 Å². The van der Waals surface area contributed by atoms with Crippen LogP contribution in [0.5, 0.6) is 0 Å². The van der Waals surface area contributed by atoms with Crippen LogP contribution < -0.4 is 0 Å². The monoisotopic (exact) mass is 267 g/mol. The van der Waals surface area contributed by atoms with E-state index in [1.165, 1.54) is 11.1 Å². The molecule has 4 nitrogen and oxygen atoms in total. The molecule has 4 heteroatoms. The Bertz CT molecular complexity index is 641. The highest BCUT2D eigenvalue weighted by Crippen LogP contribution is 2.37. The zero-order valence-corrected chi connectivity index (χ0v) is 11.5. The molecule has 1 aromatic carbocycles. The third-order valence-electron chi connectivity index (χ3n) is 4.01. The maximum atomic E-state index is 8.63. The van der Waals surface area contributed by atoms with Gasteiger partial charge in [-0.1, -0.05) is 36.3 Å². The SMILES string of the molecule is CC(CCC#N)c1nc(C2CCc3ccccc32)no1. The number of nitrogens with zero attached hydrogens (tertiary/aromatic N) is 3. The largest absolute Gasteiger partial charge is 0.339 e. The van der Waals surface area contributed by atoms with Gasteiger partial charge < -0.3 is 4.52 Å². The van der Waals surface area contributed by atoms with Crippen LogP contribution in [0.4, 0.5) is 0 Å². The van der Waals surface area contributed by atoms with Gasteiger partial charge in [-0.15, -0.1) is 0 Å². The molecule has 0 aliphatic heterocycles. The summed E-state index contributed by atoms with van der Waals surface area (Å²) >= 11 is 0. The molecule has 2 aromatic rings. The molecule has 3 rings (SSSR count). The lowest BCUT2D eigenvalue weighted by Gasteiger charge is -2.05. The van der Waals surface area contributed by atoms with Crippen molar-refractivity contribution in [3.8, 4) is 6.07 Å². The molecule has 1 heterocycles. The van der Waals surface area contributed by atoms with Crippen molar-refractivity contribution in [2.45, 2.75) is 44.4 Å². The third kappa shape index (κ3) is 2.32. The zero-order valence-electron chi connectivity index (χ0n) is 11.5. The summed E-state index contributed by atoms with van der Waals surface area (Å²) < 4.78 is 5.38. The molecular formula is C16H17N3O. The van der Waals surface area contributed by atoms with Gasteiger partial charge in [0.05, 0.1) is 6.07 Å². The minimum absolute atomic E-state index is 0.146. The van der Waals surface area contributed by atoms with Gasteiger partial charge in [-0.25, -0.2) is 0 Å². The second-order valence-electron chi connectivity index (χ2n) is 5.38. The summed E-state index contributed by atoms with van der Waals surface area (Å²) in [7, 11) is 0. The number of aromatic nitrogens is 2. The Morgan fingerprint density at radius 3 is 3.15 bits per heavy atom. The Labute approximate surface area is 118 Å². The lowest BCUT2D eigenvalue weighted by atomic mass is 10.0. The Morgan fingerprint density at radius 2 is 2.30 bits per heavy atom. The standard InChI is InChI=1S/C16H17N3O/c1-11(5-4-10-17)16-18-15(19-20-16)14-9-8-12-6-2-3-7-13(12)14/h2-3,6-7,11,14H,4-5,8-9H2,1H3. The Morgan fingerprint density at radius 1 is 1.45 bits per heavy atom. The maximum absolute atomic E-state index is 8.63. The summed E-state index contributed by atoms with van der Waals surface area (Å²) in [6.07, 6.45) is 3.41. The van der Waals surface area contributed by atoms with Crippen LogP contribution in [0.1, 0.15) is 60.9 Å². The highest BCUT2D eigenvalue weighted by molar-refractivity contribution is 5.38. The summed E-state index contributed by atoms with van der Waals surface area (Å²) in [5, 5.41) is 12.8. The van der Waals surface area contributed by atoms with E-state index in [1.807, 2.05) is 6.92 Å². The Kier molecular flexibility index (Phi) is 3.51. The van der Waals surface area contributed by atoms with Crippen molar-refractivity contribution >= 4 is 0 Å². The van der Waals surface area contributed by atoms with Gasteiger partial charge in [0.15, 0.2) is 5.82 Å². The fourth-order valence-electron chi connectivity index (χ4n) is 2.82. The van der Waals surface area contributed by atoms with E-state index in [9.17, 15) is 0 Å². The smallest absolute Gasteiger partial charge is 0.229 e. The Balaban J connectivity index is 1.80. The zero-order chi connectivity index (χ0) is 13.9. The molecule has 1 aliphatic rings. The first-order valence-corrected chi connectivity index (χ1v) is 7.08. The van der Waals surface area contributed by atoms with Gasteiger partial charge in [0, 0.05) is 18.3 Å². The van der Waals surface area contributed by atoms with E-state index in [0.29, 0.717) is 12.3 Å². The number of benzene rings is 1. The van der Waals surface area contributed by atoms with Gasteiger partial charge in [-0.05, 0) is 30.4 Å². The summed E-state index contributed by atoms with van der Waals surface area (Å²) in [6, 6.07) is 10.6. The minimum Gasteiger partial charge on any atom is -0.339 e. The molecule has 2 unspecified atom stereocenters. The summed E-state index contributed by atoms with van der Waals surface area (Å²) in [5.41, 5.74) is 2.71. The van der Waals surface area contributed by atoms with E-state index >= 15 is 0 Å². The molecule has 1 aromatic heterocycles. The molecule has 0 N–H and O–H groups in total. The lowest BCUT2D eigenvalue weighted by molar-refractivity contribution is 0.349. The molecule has 1 aliphatic carbocycles. The molecule has 2 atom stereocenters. The first-order chi connectivity index (χ1) is 9.79. The van der Waals surface area contributed by atoms with E-state index in [0.717, 1.165) is 25.1 Å². The van der Waals surface area contributed by atoms with Gasteiger partial charge in [-0.3, -0.25) is 0 Å². The summed E-state index contributed by atoms with van der Waals surface area (Å²) in [4.78, 5) is 4.56. The number of fused-ring (bicyclic) bond motifs is 1. The molecule has 0 radical (unpaired) electrons. The summed E-state index contributed by atoms with van der Waals surface area (Å²) in [5.74, 6) is 1.84. The van der Waals surface area contributed by atoms with Crippen molar-refractivity contribution in [2.24, 2.45) is 0 Å². The first kappa shape index (κ1) is 12.9. The average Bonchev–Trinajstić information content (AvgIpc) is 3.10. The van der Waals surface area contributed by atoms with Crippen LogP contribution in [0.3, 0.4) is 0 Å². The molecule has 0 bridgehead atoms. The lowest BCUT2D eigenvalue weighted by Crippen LogP contribution is -2.00. The fraction of sp³-hybridized carbons (Fsp3) is 0.438. The predicted molar refractivity (Wildman–Crippen MR) is 74.2 cm³/mol. The fourth-order valence-corrected chi connectivity index (χ4v) is 2.82. The molecule has 102 valence electrons. The van der Waals surface area contributed by atoms with Gasteiger partial charge in [0.25, 0.3) is 0 Å². The van der Waals surface area contributed by atoms with E-state index in [2.05, 4.69) is 40.5 Å². The van der Waals surface area contributed by atoms with E-state index in [4.69, 9.17) is 9.78 Å². The van der Waals surface area contributed by atoms with Gasteiger partial charge >= 0.3 is 0 Å². The molecule has 0 fully saturated rings. The topological polar surface area (TPSA) is 62.7 Å². The molecule has 20 heavy (non-hydrogen) atoms. The normalized spacial score (nSPS) is 18.5.